The van der Waals surface area contributed by atoms with Gasteiger partial charge in [-0.15, -0.1) is 0 Å². The summed E-state index contributed by atoms with van der Waals surface area (Å²) in [6.45, 7) is 4.16. The predicted molar refractivity (Wildman–Crippen MR) is 117 cm³/mol. The number of carbonyl (C=O) groups is 2. The first-order chi connectivity index (χ1) is 14.8. The minimum atomic E-state index is -3.71. The second-order valence-corrected chi connectivity index (χ2v) is 9.18. The van der Waals surface area contributed by atoms with Gasteiger partial charge in [-0.1, -0.05) is 36.9 Å². The van der Waals surface area contributed by atoms with Gasteiger partial charge in [0.1, 0.15) is 0 Å². The van der Waals surface area contributed by atoms with Crippen molar-refractivity contribution in [3.8, 4) is 0 Å². The smallest absolute Gasteiger partial charge is 0.412 e. The molecule has 8 nitrogen and oxygen atoms in total. The molecule has 0 aliphatic carbocycles. The monoisotopic (exact) mass is 443 g/mol. The van der Waals surface area contributed by atoms with Crippen molar-refractivity contribution in [2.75, 3.05) is 18.0 Å². The Bertz CT molecular complexity index is 1030. The highest BCUT2D eigenvalue weighted by molar-refractivity contribution is 7.89. The van der Waals surface area contributed by atoms with Gasteiger partial charge in [0.15, 0.2) is 0 Å². The van der Waals surface area contributed by atoms with Crippen LogP contribution in [0.2, 0.25) is 0 Å². The highest BCUT2D eigenvalue weighted by Gasteiger charge is 2.30. The number of hydrogen-bond donors (Lipinski definition) is 2. The zero-order valence-electron chi connectivity index (χ0n) is 17.0. The third-order valence-electron chi connectivity index (χ3n) is 5.19. The maximum Gasteiger partial charge on any atom is 0.412 e. The van der Waals surface area contributed by atoms with Gasteiger partial charge in [-0.25, -0.2) is 13.2 Å². The summed E-state index contributed by atoms with van der Waals surface area (Å²) in [6.07, 6.45) is 1.10. The predicted octanol–water partition coefficient (Wildman–Crippen LogP) is 2.83. The third kappa shape index (κ3) is 5.50. The lowest BCUT2D eigenvalue weighted by atomic mass is 10.1. The number of benzene rings is 2. The minimum absolute atomic E-state index is 0.0820. The highest BCUT2D eigenvalue weighted by Crippen LogP contribution is 2.24. The number of sulfonamides is 1. The summed E-state index contributed by atoms with van der Waals surface area (Å²) >= 11 is 0. The van der Waals surface area contributed by atoms with Crippen molar-refractivity contribution in [3.05, 3.63) is 72.8 Å². The van der Waals surface area contributed by atoms with Crippen LogP contribution in [0.3, 0.4) is 0 Å². The van der Waals surface area contributed by atoms with Crippen LogP contribution in [-0.4, -0.2) is 49.0 Å². The molecule has 164 valence electrons. The molecule has 3 rings (SSSR count). The van der Waals surface area contributed by atoms with E-state index in [1.54, 1.807) is 0 Å². The largest absolute Gasteiger partial charge is 0.465 e. The SMILES string of the molecule is C=CC(=O)NC1CCN(S(=O)(=O)c2ccc(N(Cc3ccccc3)C(=O)O)cc2)CC1. The van der Waals surface area contributed by atoms with E-state index in [9.17, 15) is 23.1 Å². The molecule has 2 aromatic carbocycles. The van der Waals surface area contributed by atoms with E-state index in [0.29, 0.717) is 31.6 Å². The van der Waals surface area contributed by atoms with Crippen LogP contribution < -0.4 is 10.2 Å². The molecule has 31 heavy (non-hydrogen) atoms. The zero-order valence-corrected chi connectivity index (χ0v) is 17.8. The fraction of sp³-hybridized carbons (Fsp3) is 0.273. The number of rotatable bonds is 7. The Balaban J connectivity index is 1.70. The zero-order chi connectivity index (χ0) is 22.4. The molecule has 0 aromatic heterocycles. The van der Waals surface area contributed by atoms with Gasteiger partial charge in [0.25, 0.3) is 0 Å². The summed E-state index contributed by atoms with van der Waals surface area (Å²) in [4.78, 5) is 24.4. The Morgan fingerprint density at radius 2 is 1.71 bits per heavy atom. The van der Waals surface area contributed by atoms with Gasteiger partial charge in [-0.2, -0.15) is 4.31 Å². The molecule has 0 atom stereocenters. The fourth-order valence-electron chi connectivity index (χ4n) is 3.48. The Hall–Kier alpha value is -3.17. The summed E-state index contributed by atoms with van der Waals surface area (Å²) < 4.78 is 27.3. The first kappa shape index (κ1) is 22.5. The third-order valence-corrected chi connectivity index (χ3v) is 7.10. The molecule has 0 bridgehead atoms. The summed E-state index contributed by atoms with van der Waals surface area (Å²) in [5, 5.41) is 12.4. The molecular formula is C22H25N3O5S. The number of carbonyl (C=O) groups excluding carboxylic acids is 1. The van der Waals surface area contributed by atoms with Crippen molar-refractivity contribution in [3.63, 3.8) is 0 Å². The van der Waals surface area contributed by atoms with Crippen molar-refractivity contribution < 1.29 is 23.1 Å². The van der Waals surface area contributed by atoms with Gasteiger partial charge >= 0.3 is 6.09 Å². The molecule has 9 heteroatoms. The second-order valence-electron chi connectivity index (χ2n) is 7.24. The Labute approximate surface area is 181 Å². The van der Waals surface area contributed by atoms with Gasteiger partial charge in [0.2, 0.25) is 15.9 Å². The molecule has 0 saturated carbocycles. The molecule has 2 N–H and O–H groups in total. The lowest BCUT2D eigenvalue weighted by Crippen LogP contribution is -2.46. The Morgan fingerprint density at radius 3 is 2.26 bits per heavy atom. The van der Waals surface area contributed by atoms with Crippen LogP contribution in [0.1, 0.15) is 18.4 Å². The van der Waals surface area contributed by atoms with E-state index in [4.69, 9.17) is 0 Å². The number of amides is 2. The summed E-state index contributed by atoms with van der Waals surface area (Å²) in [5.74, 6) is -0.268. The van der Waals surface area contributed by atoms with Crippen molar-refractivity contribution in [1.29, 1.82) is 0 Å². The number of nitrogens with one attached hydrogen (secondary N) is 1. The summed E-state index contributed by atoms with van der Waals surface area (Å²) in [6, 6.07) is 14.9. The fourth-order valence-corrected chi connectivity index (χ4v) is 4.95. The Kier molecular flexibility index (Phi) is 7.09. The molecule has 2 amide bonds. The number of anilines is 1. The van der Waals surface area contributed by atoms with E-state index in [1.165, 1.54) is 39.5 Å². The van der Waals surface area contributed by atoms with Crippen LogP contribution in [0.15, 0.2) is 72.1 Å². The molecule has 0 spiro atoms. The number of nitrogens with zero attached hydrogens (tertiary/aromatic N) is 2. The second kappa shape index (κ2) is 9.76. The van der Waals surface area contributed by atoms with Crippen molar-refractivity contribution >= 4 is 27.7 Å². The quantitative estimate of drug-likeness (QED) is 0.640. The summed E-state index contributed by atoms with van der Waals surface area (Å²) in [5.41, 5.74) is 1.22. The molecule has 1 fully saturated rings. The van der Waals surface area contributed by atoms with E-state index >= 15 is 0 Å². The van der Waals surface area contributed by atoms with Crippen molar-refractivity contribution in [2.24, 2.45) is 0 Å². The maximum absolute atomic E-state index is 13.0. The standard InChI is InChI=1S/C22H25N3O5S/c1-2-21(26)23-18-12-14-24(15-13-18)31(29,30)20-10-8-19(9-11-20)25(22(27)28)16-17-6-4-3-5-7-17/h2-11,18H,1,12-16H2,(H,23,26)(H,27,28). The summed E-state index contributed by atoms with van der Waals surface area (Å²) in [7, 11) is -3.71. The van der Waals surface area contributed by atoms with E-state index < -0.39 is 16.1 Å². The molecule has 1 heterocycles. The van der Waals surface area contributed by atoms with Crippen LogP contribution in [0.5, 0.6) is 0 Å². The first-order valence-corrected chi connectivity index (χ1v) is 11.3. The van der Waals surface area contributed by atoms with Crippen LogP contribution in [0.25, 0.3) is 0 Å². The average Bonchev–Trinajstić information content (AvgIpc) is 2.78. The minimum Gasteiger partial charge on any atom is -0.465 e. The van der Waals surface area contributed by atoms with Crippen LogP contribution in [0.4, 0.5) is 10.5 Å². The van der Waals surface area contributed by atoms with Crippen LogP contribution >= 0.6 is 0 Å². The molecule has 0 radical (unpaired) electrons. The van der Waals surface area contributed by atoms with E-state index in [0.717, 1.165) is 5.56 Å². The Morgan fingerprint density at radius 1 is 1.10 bits per heavy atom. The lowest BCUT2D eigenvalue weighted by Gasteiger charge is -2.31. The normalized spacial score (nSPS) is 15.2. The van der Waals surface area contributed by atoms with Gasteiger partial charge in [0, 0.05) is 24.8 Å². The van der Waals surface area contributed by atoms with Gasteiger partial charge in [-0.05, 0) is 48.7 Å². The maximum atomic E-state index is 13.0. The average molecular weight is 444 g/mol. The van der Waals surface area contributed by atoms with Crippen molar-refractivity contribution in [1.82, 2.24) is 9.62 Å². The van der Waals surface area contributed by atoms with E-state index in [-0.39, 0.29) is 23.4 Å². The molecule has 1 aliphatic rings. The van der Waals surface area contributed by atoms with E-state index in [2.05, 4.69) is 11.9 Å². The number of piperidine rings is 1. The van der Waals surface area contributed by atoms with Crippen LogP contribution in [0, 0.1) is 0 Å². The molecule has 1 saturated heterocycles. The lowest BCUT2D eigenvalue weighted by molar-refractivity contribution is -0.117. The highest BCUT2D eigenvalue weighted by atomic mass is 32.2. The number of carboxylic acid groups (broad SMARTS) is 1. The van der Waals surface area contributed by atoms with Crippen LogP contribution in [-0.2, 0) is 21.4 Å². The van der Waals surface area contributed by atoms with E-state index in [1.807, 2.05) is 30.3 Å². The first-order valence-electron chi connectivity index (χ1n) is 9.89. The molecular weight excluding hydrogens is 418 g/mol. The molecule has 2 aromatic rings. The van der Waals surface area contributed by atoms with Gasteiger partial charge in [-0.3, -0.25) is 9.69 Å². The topological polar surface area (TPSA) is 107 Å². The molecule has 0 unspecified atom stereocenters. The van der Waals surface area contributed by atoms with Gasteiger partial charge in [0.05, 0.1) is 11.4 Å². The van der Waals surface area contributed by atoms with Gasteiger partial charge < -0.3 is 10.4 Å². The number of hydrogen-bond acceptors (Lipinski definition) is 4. The molecule has 1 aliphatic heterocycles. The van der Waals surface area contributed by atoms with Crippen molar-refractivity contribution in [2.45, 2.75) is 30.3 Å².